The molecule has 0 unspecified atom stereocenters. The minimum atomic E-state index is -1.24. The number of anilines is 1. The van der Waals surface area contributed by atoms with Gasteiger partial charge in [0.05, 0.1) is 25.8 Å². The summed E-state index contributed by atoms with van der Waals surface area (Å²) in [6.45, 7) is 4.30. The maximum absolute atomic E-state index is 14.9. The number of nitrogens with one attached hydrogen (secondary N) is 2. The van der Waals surface area contributed by atoms with E-state index in [4.69, 9.17) is 9.47 Å². The van der Waals surface area contributed by atoms with Gasteiger partial charge in [0.2, 0.25) is 0 Å². The highest BCUT2D eigenvalue weighted by Gasteiger charge is 2.29. The van der Waals surface area contributed by atoms with E-state index in [0.29, 0.717) is 11.1 Å². The number of hydrogen-bond acceptors (Lipinski definition) is 6. The molecule has 2 atom stereocenters. The van der Waals surface area contributed by atoms with Crippen LogP contribution in [0.15, 0.2) is 59.4 Å². The number of ether oxygens (including phenoxy) is 2. The van der Waals surface area contributed by atoms with Crippen LogP contribution in [0.1, 0.15) is 47.3 Å². The molecule has 0 saturated carbocycles. The first-order chi connectivity index (χ1) is 20.6. The van der Waals surface area contributed by atoms with Crippen molar-refractivity contribution in [1.82, 2.24) is 9.88 Å². The Labute approximate surface area is 247 Å². The van der Waals surface area contributed by atoms with Crippen LogP contribution in [0.2, 0.25) is 0 Å². The number of aromatic nitrogens is 1. The van der Waals surface area contributed by atoms with Crippen LogP contribution in [-0.4, -0.2) is 35.6 Å². The van der Waals surface area contributed by atoms with Crippen molar-refractivity contribution in [3.63, 3.8) is 0 Å². The Morgan fingerprint density at radius 2 is 1.72 bits per heavy atom. The smallest absolute Gasteiger partial charge is 0.328 e. The number of hydrogen-bond donors (Lipinski definition) is 2. The highest BCUT2D eigenvalue weighted by Crippen LogP contribution is 2.34. The molecule has 0 aliphatic carbocycles. The van der Waals surface area contributed by atoms with Gasteiger partial charge in [0.1, 0.15) is 23.2 Å². The lowest BCUT2D eigenvalue weighted by molar-refractivity contribution is -0.142. The van der Waals surface area contributed by atoms with Crippen molar-refractivity contribution in [1.29, 1.82) is 0 Å². The predicted octanol–water partition coefficient (Wildman–Crippen LogP) is 5.24. The molecule has 5 rings (SSSR count). The average molecular weight is 590 g/mol. The number of nitrogens with zero attached hydrogens (tertiary/aromatic N) is 1. The minimum absolute atomic E-state index is 0.0169. The fourth-order valence-electron chi connectivity index (χ4n) is 5.45. The number of amides is 1. The summed E-state index contributed by atoms with van der Waals surface area (Å²) in [4.78, 5) is 39.1. The maximum Gasteiger partial charge on any atom is 0.328 e. The van der Waals surface area contributed by atoms with Gasteiger partial charge >= 0.3 is 5.97 Å². The minimum Gasteiger partial charge on any atom is -0.467 e. The molecule has 0 spiro atoms. The van der Waals surface area contributed by atoms with Gasteiger partial charge in [0, 0.05) is 30.8 Å². The van der Waals surface area contributed by atoms with Crippen molar-refractivity contribution in [2.75, 3.05) is 12.4 Å². The Bertz CT molecular complexity index is 1760. The largest absolute Gasteiger partial charge is 0.467 e. The highest BCUT2D eigenvalue weighted by atomic mass is 19.1. The molecule has 2 N–H and O–H groups in total. The lowest BCUT2D eigenvalue weighted by Crippen LogP contribution is -2.43. The second-order valence-electron chi connectivity index (χ2n) is 10.7. The van der Waals surface area contributed by atoms with E-state index >= 15 is 0 Å². The van der Waals surface area contributed by atoms with E-state index in [9.17, 15) is 23.2 Å². The highest BCUT2D eigenvalue weighted by molar-refractivity contribution is 5.97. The number of fused-ring (bicyclic) bond motifs is 2. The van der Waals surface area contributed by atoms with Crippen molar-refractivity contribution in [2.45, 2.75) is 52.0 Å². The Balaban J connectivity index is 1.45. The SMILES string of the molecule is CC[C@H](C)Nc1cc(F)c(C(=O)N[C@@H](Cc2ccc(-c3cc4ccccc4n(C)c3=O)c3c2COC3)C(=O)OC)c(F)c1. The van der Waals surface area contributed by atoms with E-state index in [1.165, 1.54) is 7.11 Å². The molecular formula is C33H33F2N3O5. The van der Waals surface area contributed by atoms with E-state index in [-0.39, 0.29) is 36.9 Å². The van der Waals surface area contributed by atoms with Crippen LogP contribution >= 0.6 is 0 Å². The number of halogens is 2. The number of pyridine rings is 1. The first-order valence-corrected chi connectivity index (χ1v) is 14.1. The molecule has 0 bridgehead atoms. The van der Waals surface area contributed by atoms with Gasteiger partial charge in [-0.1, -0.05) is 37.3 Å². The molecule has 3 aromatic carbocycles. The van der Waals surface area contributed by atoms with Gasteiger partial charge in [-0.15, -0.1) is 0 Å². The second-order valence-corrected chi connectivity index (χ2v) is 10.7. The zero-order valence-corrected chi connectivity index (χ0v) is 24.4. The van der Waals surface area contributed by atoms with E-state index in [1.807, 2.05) is 44.2 Å². The van der Waals surface area contributed by atoms with Crippen LogP contribution < -0.4 is 16.2 Å². The van der Waals surface area contributed by atoms with Crippen LogP contribution in [0.25, 0.3) is 22.0 Å². The molecule has 8 nitrogen and oxygen atoms in total. The first-order valence-electron chi connectivity index (χ1n) is 14.1. The molecule has 2 heterocycles. The summed E-state index contributed by atoms with van der Waals surface area (Å²) < 4.78 is 42.1. The molecule has 4 aromatic rings. The number of esters is 1. The quantitative estimate of drug-likeness (QED) is 0.259. The van der Waals surface area contributed by atoms with Crippen LogP contribution in [0, 0.1) is 11.6 Å². The molecule has 0 saturated heterocycles. The fourth-order valence-corrected chi connectivity index (χ4v) is 5.45. The summed E-state index contributed by atoms with van der Waals surface area (Å²) in [6.07, 6.45) is 0.720. The lowest BCUT2D eigenvalue weighted by Gasteiger charge is -2.20. The van der Waals surface area contributed by atoms with Gasteiger partial charge in [0.25, 0.3) is 11.5 Å². The molecule has 1 aliphatic heterocycles. The molecule has 0 fully saturated rings. The van der Waals surface area contributed by atoms with Gasteiger partial charge in [-0.05, 0) is 65.3 Å². The molecule has 1 aliphatic rings. The number of carbonyl (C=O) groups is 2. The molecular weight excluding hydrogens is 556 g/mol. The normalized spacial score (nSPS) is 13.8. The van der Waals surface area contributed by atoms with E-state index in [2.05, 4.69) is 10.6 Å². The van der Waals surface area contributed by atoms with Crippen molar-refractivity contribution in [2.24, 2.45) is 7.05 Å². The first kappa shape index (κ1) is 29.9. The predicted molar refractivity (Wildman–Crippen MR) is 160 cm³/mol. The van der Waals surface area contributed by atoms with Crippen LogP contribution in [0.5, 0.6) is 0 Å². The Morgan fingerprint density at radius 1 is 1.02 bits per heavy atom. The standard InChI is InChI=1S/C33H33F2N3O5/c1-5-18(2)36-21-14-26(34)30(27(35)15-21)31(39)37-28(33(41)42-4)13-19-10-11-22(25-17-43-16-24(19)25)23-12-20-8-6-7-9-29(20)38(3)32(23)40/h6-12,14-15,18,28,36H,5,13,16-17H2,1-4H3,(H,37,39)/t18-,28-/m0/s1. The van der Waals surface area contributed by atoms with Crippen molar-refractivity contribution >= 4 is 28.5 Å². The molecule has 43 heavy (non-hydrogen) atoms. The average Bonchev–Trinajstić information content (AvgIpc) is 3.49. The van der Waals surface area contributed by atoms with E-state index in [1.54, 1.807) is 23.7 Å². The molecule has 1 aromatic heterocycles. The van der Waals surface area contributed by atoms with Gasteiger partial charge in [-0.3, -0.25) is 9.59 Å². The summed E-state index contributed by atoms with van der Waals surface area (Å²) in [5.74, 6) is -3.96. The maximum atomic E-state index is 14.9. The Hall–Kier alpha value is -4.57. The second kappa shape index (κ2) is 12.3. The topological polar surface area (TPSA) is 98.7 Å². The van der Waals surface area contributed by atoms with Crippen LogP contribution in [-0.2, 0) is 41.0 Å². The number of rotatable bonds is 9. The Morgan fingerprint density at radius 3 is 2.42 bits per heavy atom. The lowest BCUT2D eigenvalue weighted by atomic mass is 9.91. The molecule has 0 radical (unpaired) electrons. The van der Waals surface area contributed by atoms with Gasteiger partial charge < -0.3 is 24.7 Å². The summed E-state index contributed by atoms with van der Waals surface area (Å²) >= 11 is 0. The van der Waals surface area contributed by atoms with Crippen molar-refractivity contribution < 1.29 is 27.8 Å². The summed E-state index contributed by atoms with van der Waals surface area (Å²) in [7, 11) is 2.90. The van der Waals surface area contributed by atoms with Crippen molar-refractivity contribution in [3.05, 3.63) is 98.8 Å². The third-order valence-electron chi connectivity index (χ3n) is 7.95. The number of benzene rings is 3. The van der Waals surface area contributed by atoms with E-state index in [0.717, 1.165) is 46.1 Å². The molecule has 224 valence electrons. The summed E-state index contributed by atoms with van der Waals surface area (Å²) in [5, 5.41) is 6.34. The van der Waals surface area contributed by atoms with Crippen molar-refractivity contribution in [3.8, 4) is 11.1 Å². The zero-order chi connectivity index (χ0) is 30.8. The van der Waals surface area contributed by atoms with Gasteiger partial charge in [-0.25, -0.2) is 13.6 Å². The van der Waals surface area contributed by atoms with Gasteiger partial charge in [0.15, 0.2) is 0 Å². The number of methoxy groups -OCH3 is 1. The molecule has 10 heteroatoms. The van der Waals surface area contributed by atoms with E-state index < -0.39 is 35.1 Å². The third kappa shape index (κ3) is 5.87. The Kier molecular flexibility index (Phi) is 8.59. The molecule has 1 amide bonds. The fraction of sp³-hybridized carbons (Fsp3) is 0.303. The van der Waals surface area contributed by atoms with Crippen LogP contribution in [0.3, 0.4) is 0 Å². The van der Waals surface area contributed by atoms with Crippen LogP contribution in [0.4, 0.5) is 14.5 Å². The van der Waals surface area contributed by atoms with Gasteiger partial charge in [-0.2, -0.15) is 0 Å². The summed E-state index contributed by atoms with van der Waals surface area (Å²) in [6, 6.07) is 13.9. The number of para-hydroxylation sites is 1. The monoisotopic (exact) mass is 589 g/mol. The third-order valence-corrected chi connectivity index (χ3v) is 7.95. The number of aryl methyl sites for hydroxylation is 1. The summed E-state index contributed by atoms with van der Waals surface area (Å²) in [5.41, 5.74) is 3.58. The zero-order valence-electron chi connectivity index (χ0n) is 24.4. The number of carbonyl (C=O) groups excluding carboxylic acids is 2.